The van der Waals surface area contributed by atoms with Gasteiger partial charge in [-0.2, -0.15) is 4.98 Å². The molecule has 3 heterocycles. The Labute approximate surface area is 152 Å². The Bertz CT molecular complexity index is 778. The van der Waals surface area contributed by atoms with Crippen LogP contribution >= 0.6 is 38.6 Å². The molecule has 0 bridgehead atoms. The molecule has 3 aromatic rings. The number of hydrogen-bond donors (Lipinski definition) is 0. The zero-order valence-electron chi connectivity index (χ0n) is 13.2. The van der Waals surface area contributed by atoms with Crippen molar-refractivity contribution in [1.82, 2.24) is 15.0 Å². The number of rotatable bonds is 6. The maximum Gasteiger partial charge on any atom is 0.241 e. The van der Waals surface area contributed by atoms with Gasteiger partial charge in [0.1, 0.15) is 0 Å². The van der Waals surface area contributed by atoms with Crippen molar-refractivity contribution in [3.63, 3.8) is 0 Å². The topological polar surface area (TPSA) is 42.2 Å². The molecule has 0 radical (unpaired) electrons. The van der Waals surface area contributed by atoms with Gasteiger partial charge in [0.25, 0.3) is 0 Å². The molecule has 0 N–H and O–H groups in total. The Morgan fingerprint density at radius 1 is 1.30 bits per heavy atom. The SMILES string of the molecule is Cc1ccsc1CN(Cc1nc(-c2cc(Br)cs2)no1)C(C)C. The molecule has 0 fully saturated rings. The second-order valence-corrected chi connectivity index (χ2v) is 8.49. The molecule has 0 amide bonds. The summed E-state index contributed by atoms with van der Waals surface area (Å²) in [4.78, 5) is 9.29. The molecule has 0 unspecified atom stereocenters. The first-order valence-electron chi connectivity index (χ1n) is 7.37. The van der Waals surface area contributed by atoms with Crippen LogP contribution in [0.25, 0.3) is 10.7 Å². The lowest BCUT2D eigenvalue weighted by atomic mass is 10.2. The van der Waals surface area contributed by atoms with Crippen LogP contribution in [0.2, 0.25) is 0 Å². The number of nitrogens with zero attached hydrogens (tertiary/aromatic N) is 3. The van der Waals surface area contributed by atoms with E-state index < -0.39 is 0 Å². The van der Waals surface area contributed by atoms with Crippen LogP contribution in [0.3, 0.4) is 0 Å². The van der Waals surface area contributed by atoms with Gasteiger partial charge >= 0.3 is 0 Å². The highest BCUT2D eigenvalue weighted by Gasteiger charge is 2.17. The van der Waals surface area contributed by atoms with E-state index in [4.69, 9.17) is 4.52 Å². The summed E-state index contributed by atoms with van der Waals surface area (Å²) >= 11 is 6.85. The summed E-state index contributed by atoms with van der Waals surface area (Å²) in [6.45, 7) is 8.11. The van der Waals surface area contributed by atoms with Crippen LogP contribution in [-0.2, 0) is 13.1 Å². The van der Waals surface area contributed by atoms with Gasteiger partial charge in [-0.1, -0.05) is 5.16 Å². The number of aryl methyl sites for hydroxylation is 1. The molecule has 0 spiro atoms. The first-order chi connectivity index (χ1) is 11.0. The fourth-order valence-electron chi connectivity index (χ4n) is 2.19. The van der Waals surface area contributed by atoms with Crippen molar-refractivity contribution >= 4 is 38.6 Å². The first-order valence-corrected chi connectivity index (χ1v) is 9.92. The molecular formula is C16H18BrN3OS2. The van der Waals surface area contributed by atoms with E-state index >= 15 is 0 Å². The van der Waals surface area contributed by atoms with Crippen LogP contribution < -0.4 is 0 Å². The zero-order valence-corrected chi connectivity index (χ0v) is 16.5. The molecule has 0 aromatic carbocycles. The summed E-state index contributed by atoms with van der Waals surface area (Å²) in [5, 5.41) is 8.27. The van der Waals surface area contributed by atoms with Crippen molar-refractivity contribution in [3.8, 4) is 10.7 Å². The molecule has 7 heteroatoms. The molecule has 3 rings (SSSR count). The standard InChI is InChI=1S/C16H18BrN3OS2/c1-10(2)20(7-14-11(3)4-5-22-14)8-15-18-16(19-21-15)13-6-12(17)9-23-13/h4-6,9-10H,7-8H2,1-3H3. The molecule has 23 heavy (non-hydrogen) atoms. The second-order valence-electron chi connectivity index (χ2n) is 5.67. The van der Waals surface area contributed by atoms with Crippen molar-refractivity contribution in [1.29, 1.82) is 0 Å². The predicted molar refractivity (Wildman–Crippen MR) is 98.8 cm³/mol. The molecule has 0 saturated heterocycles. The Hall–Kier alpha value is -1.02. The Kier molecular flexibility index (Phi) is 5.31. The summed E-state index contributed by atoms with van der Waals surface area (Å²) in [7, 11) is 0. The van der Waals surface area contributed by atoms with Crippen LogP contribution in [0.4, 0.5) is 0 Å². The minimum atomic E-state index is 0.405. The van der Waals surface area contributed by atoms with Crippen LogP contribution in [0.1, 0.15) is 30.2 Å². The third kappa shape index (κ3) is 4.09. The van der Waals surface area contributed by atoms with Gasteiger partial charge in [0, 0.05) is 27.3 Å². The Morgan fingerprint density at radius 3 is 2.74 bits per heavy atom. The van der Waals surface area contributed by atoms with E-state index in [9.17, 15) is 0 Å². The van der Waals surface area contributed by atoms with Gasteiger partial charge in [-0.25, -0.2) is 0 Å². The lowest BCUT2D eigenvalue weighted by Gasteiger charge is -2.24. The third-order valence-corrected chi connectivity index (χ3v) is 6.33. The van der Waals surface area contributed by atoms with Crippen LogP contribution in [0, 0.1) is 6.92 Å². The highest BCUT2D eigenvalue weighted by atomic mass is 79.9. The second kappa shape index (κ2) is 7.25. The van der Waals surface area contributed by atoms with Crippen LogP contribution in [0.5, 0.6) is 0 Å². The van der Waals surface area contributed by atoms with E-state index in [-0.39, 0.29) is 0 Å². The molecule has 3 aromatic heterocycles. The van der Waals surface area contributed by atoms with E-state index in [0.717, 1.165) is 15.9 Å². The van der Waals surface area contributed by atoms with Crippen molar-refractivity contribution < 1.29 is 4.52 Å². The highest BCUT2D eigenvalue weighted by molar-refractivity contribution is 9.10. The van der Waals surface area contributed by atoms with E-state index in [1.807, 2.05) is 11.4 Å². The van der Waals surface area contributed by atoms with Gasteiger partial charge in [0.15, 0.2) is 0 Å². The van der Waals surface area contributed by atoms with Crippen molar-refractivity contribution in [3.05, 3.63) is 43.7 Å². The molecule has 0 aliphatic rings. The van der Waals surface area contributed by atoms with E-state index in [1.165, 1.54) is 10.4 Å². The van der Waals surface area contributed by atoms with Gasteiger partial charge in [-0.3, -0.25) is 4.90 Å². The predicted octanol–water partition coefficient (Wildman–Crippen LogP) is 5.34. The molecule has 0 aliphatic heterocycles. The maximum absolute atomic E-state index is 5.45. The average Bonchev–Trinajstić information content (AvgIpc) is 3.21. The summed E-state index contributed by atoms with van der Waals surface area (Å²) < 4.78 is 6.49. The van der Waals surface area contributed by atoms with E-state index in [1.54, 1.807) is 22.7 Å². The lowest BCUT2D eigenvalue weighted by Crippen LogP contribution is -2.29. The number of hydrogen-bond acceptors (Lipinski definition) is 6. The van der Waals surface area contributed by atoms with Crippen molar-refractivity contribution in [2.45, 2.75) is 39.9 Å². The molecule has 4 nitrogen and oxygen atoms in total. The van der Waals surface area contributed by atoms with Crippen molar-refractivity contribution in [2.24, 2.45) is 0 Å². The number of halogens is 1. The van der Waals surface area contributed by atoms with Crippen LogP contribution in [0.15, 0.2) is 31.9 Å². The fourth-order valence-corrected chi connectivity index (χ4v) is 4.48. The molecule has 0 aliphatic carbocycles. The minimum absolute atomic E-state index is 0.405. The minimum Gasteiger partial charge on any atom is -0.338 e. The summed E-state index contributed by atoms with van der Waals surface area (Å²) in [5.41, 5.74) is 1.34. The monoisotopic (exact) mass is 411 g/mol. The molecular weight excluding hydrogens is 394 g/mol. The lowest BCUT2D eigenvalue weighted by molar-refractivity contribution is 0.178. The van der Waals surface area contributed by atoms with Gasteiger partial charge in [-0.05, 0) is 59.8 Å². The maximum atomic E-state index is 5.45. The number of thiophene rings is 2. The van der Waals surface area contributed by atoms with Gasteiger partial charge in [0.05, 0.1) is 11.4 Å². The molecule has 0 saturated carbocycles. The van der Waals surface area contributed by atoms with Gasteiger partial charge in [-0.15, -0.1) is 22.7 Å². The van der Waals surface area contributed by atoms with E-state index in [0.29, 0.717) is 24.3 Å². The van der Waals surface area contributed by atoms with E-state index in [2.05, 4.69) is 63.2 Å². The summed E-state index contributed by atoms with van der Waals surface area (Å²) in [6, 6.07) is 4.58. The van der Waals surface area contributed by atoms with Gasteiger partial charge < -0.3 is 4.52 Å². The summed E-state index contributed by atoms with van der Waals surface area (Å²) in [6.07, 6.45) is 0. The normalized spacial score (nSPS) is 11.7. The largest absolute Gasteiger partial charge is 0.338 e. The average molecular weight is 412 g/mol. The van der Waals surface area contributed by atoms with Crippen LogP contribution in [-0.4, -0.2) is 21.1 Å². The third-order valence-electron chi connectivity index (χ3n) is 3.64. The van der Waals surface area contributed by atoms with Gasteiger partial charge in [0.2, 0.25) is 11.7 Å². The number of aromatic nitrogens is 2. The highest BCUT2D eigenvalue weighted by Crippen LogP contribution is 2.28. The Balaban J connectivity index is 1.73. The Morgan fingerprint density at radius 2 is 2.13 bits per heavy atom. The van der Waals surface area contributed by atoms with Crippen molar-refractivity contribution in [2.75, 3.05) is 0 Å². The molecule has 122 valence electrons. The smallest absolute Gasteiger partial charge is 0.241 e. The quantitative estimate of drug-likeness (QED) is 0.548. The zero-order chi connectivity index (χ0) is 16.4. The fraction of sp³-hybridized carbons (Fsp3) is 0.375. The summed E-state index contributed by atoms with van der Waals surface area (Å²) in [5.74, 6) is 1.32. The first kappa shape index (κ1) is 16.8. The molecule has 0 atom stereocenters.